The van der Waals surface area contributed by atoms with Crippen molar-refractivity contribution in [1.82, 2.24) is 9.62 Å². The molecule has 7 heteroatoms. The smallest absolute Gasteiger partial charge is 0.244 e. The van der Waals surface area contributed by atoms with Gasteiger partial charge in [0.1, 0.15) is 0 Å². The molecule has 4 nitrogen and oxygen atoms in total. The monoisotopic (exact) mass is 334 g/mol. The summed E-state index contributed by atoms with van der Waals surface area (Å²) < 4.78 is 26.9. The van der Waals surface area contributed by atoms with Gasteiger partial charge in [0.25, 0.3) is 0 Å². The molecule has 1 saturated carbocycles. The summed E-state index contributed by atoms with van der Waals surface area (Å²) in [6.07, 6.45) is 4.41. The summed E-state index contributed by atoms with van der Waals surface area (Å²) in [7, 11) is -1.71. The van der Waals surface area contributed by atoms with Crippen molar-refractivity contribution < 1.29 is 8.42 Å². The number of thiophene rings is 1. The lowest BCUT2D eigenvalue weighted by Gasteiger charge is -2.23. The molecule has 0 aliphatic heterocycles. The van der Waals surface area contributed by atoms with Gasteiger partial charge < -0.3 is 5.32 Å². The van der Waals surface area contributed by atoms with Gasteiger partial charge in [-0.1, -0.05) is 0 Å². The number of sulfonamides is 1. The molecule has 1 aliphatic rings. The molecule has 1 aromatic rings. The number of hydrogen-bond acceptors (Lipinski definition) is 5. The first-order valence-electron chi connectivity index (χ1n) is 6.73. The molecule has 1 atom stereocenters. The minimum Gasteiger partial charge on any atom is -0.309 e. The zero-order valence-electron chi connectivity index (χ0n) is 12.1. The molecule has 0 bridgehead atoms. The van der Waals surface area contributed by atoms with Crippen molar-refractivity contribution in [2.24, 2.45) is 0 Å². The van der Waals surface area contributed by atoms with Crippen molar-refractivity contribution >= 4 is 33.1 Å². The van der Waals surface area contributed by atoms with Gasteiger partial charge in [0.05, 0.1) is 4.90 Å². The predicted molar refractivity (Wildman–Crippen MR) is 87.0 cm³/mol. The van der Waals surface area contributed by atoms with E-state index in [-0.39, 0.29) is 6.04 Å². The highest BCUT2D eigenvalue weighted by atomic mass is 32.2. The number of nitrogens with one attached hydrogen (secondary N) is 1. The molecule has 114 valence electrons. The summed E-state index contributed by atoms with van der Waals surface area (Å²) in [6, 6.07) is 2.31. The number of rotatable bonds is 8. The Kier molecular flexibility index (Phi) is 5.53. The number of nitrogens with zero attached hydrogens (tertiary/aromatic N) is 1. The molecular formula is C13H22N2O2S3. The Balaban J connectivity index is 2.13. The molecule has 2 rings (SSSR count). The van der Waals surface area contributed by atoms with Gasteiger partial charge >= 0.3 is 0 Å². The minimum absolute atomic E-state index is 0.000795. The van der Waals surface area contributed by atoms with Gasteiger partial charge in [0.15, 0.2) is 0 Å². The third-order valence-electron chi connectivity index (χ3n) is 3.52. The second-order valence-electron chi connectivity index (χ2n) is 5.19. The second-order valence-corrected chi connectivity index (χ2v) is 9.07. The van der Waals surface area contributed by atoms with Crippen LogP contribution >= 0.6 is 23.1 Å². The molecule has 20 heavy (non-hydrogen) atoms. The zero-order chi connectivity index (χ0) is 14.8. The molecule has 1 aromatic heterocycles. The Bertz CT molecular complexity index is 538. The second kappa shape index (κ2) is 6.79. The van der Waals surface area contributed by atoms with Gasteiger partial charge in [0.2, 0.25) is 10.0 Å². The molecule has 0 aromatic carbocycles. The van der Waals surface area contributed by atoms with Gasteiger partial charge in [-0.15, -0.1) is 11.3 Å². The van der Waals surface area contributed by atoms with E-state index < -0.39 is 10.0 Å². The van der Waals surface area contributed by atoms with Gasteiger partial charge in [-0.2, -0.15) is 16.1 Å². The highest BCUT2D eigenvalue weighted by Gasteiger charge is 2.29. The van der Waals surface area contributed by atoms with Gasteiger partial charge in [-0.3, -0.25) is 0 Å². The summed E-state index contributed by atoms with van der Waals surface area (Å²) in [5, 5.41) is 5.25. The molecular weight excluding hydrogens is 312 g/mol. The van der Waals surface area contributed by atoms with Crippen LogP contribution in [0.5, 0.6) is 0 Å². The van der Waals surface area contributed by atoms with E-state index in [0.29, 0.717) is 17.5 Å². The van der Waals surface area contributed by atoms with Crippen LogP contribution in [-0.2, 0) is 16.6 Å². The third-order valence-corrected chi connectivity index (χ3v) is 7.44. The molecule has 1 aliphatic carbocycles. The van der Waals surface area contributed by atoms with Gasteiger partial charge in [0, 0.05) is 36.3 Å². The molecule has 0 amide bonds. The van der Waals surface area contributed by atoms with Crippen LogP contribution in [0, 0.1) is 0 Å². The largest absolute Gasteiger partial charge is 0.309 e. The van der Waals surface area contributed by atoms with Crippen LogP contribution < -0.4 is 5.32 Å². The third kappa shape index (κ3) is 3.76. The Morgan fingerprint density at radius 2 is 2.25 bits per heavy atom. The highest BCUT2D eigenvalue weighted by molar-refractivity contribution is 7.98. The normalized spacial score (nSPS) is 17.6. The summed E-state index contributed by atoms with van der Waals surface area (Å²) in [6.45, 7) is 2.60. The fourth-order valence-electron chi connectivity index (χ4n) is 1.95. The van der Waals surface area contributed by atoms with E-state index in [4.69, 9.17) is 0 Å². The fraction of sp³-hybridized carbons (Fsp3) is 0.692. The predicted octanol–water partition coefficient (Wildman–Crippen LogP) is 2.37. The van der Waals surface area contributed by atoms with Crippen LogP contribution in [0.3, 0.4) is 0 Å². The van der Waals surface area contributed by atoms with Crippen molar-refractivity contribution in [1.29, 1.82) is 0 Å². The summed E-state index contributed by atoms with van der Waals surface area (Å²) in [4.78, 5) is 1.38. The van der Waals surface area contributed by atoms with Crippen LogP contribution in [0.2, 0.25) is 0 Å². The lowest BCUT2D eigenvalue weighted by molar-refractivity contribution is 0.414. The maximum absolute atomic E-state index is 12.7. The molecule has 1 heterocycles. The Morgan fingerprint density at radius 1 is 1.55 bits per heavy atom. The van der Waals surface area contributed by atoms with Crippen molar-refractivity contribution in [3.05, 3.63) is 16.3 Å². The highest BCUT2D eigenvalue weighted by Crippen LogP contribution is 2.27. The van der Waals surface area contributed by atoms with Gasteiger partial charge in [-0.05, 0) is 37.5 Å². The fourth-order valence-corrected chi connectivity index (χ4v) is 5.47. The quantitative estimate of drug-likeness (QED) is 0.793. The number of thioether (sulfide) groups is 1. The van der Waals surface area contributed by atoms with Crippen LogP contribution in [0.1, 0.15) is 24.6 Å². The van der Waals surface area contributed by atoms with Crippen LogP contribution in [0.25, 0.3) is 0 Å². The summed E-state index contributed by atoms with van der Waals surface area (Å²) in [5.74, 6) is 0.801. The van der Waals surface area contributed by atoms with Crippen molar-refractivity contribution in [2.45, 2.75) is 43.3 Å². The maximum Gasteiger partial charge on any atom is 0.244 e. The van der Waals surface area contributed by atoms with Crippen molar-refractivity contribution in [3.63, 3.8) is 0 Å². The summed E-state index contributed by atoms with van der Waals surface area (Å²) in [5.41, 5.74) is 0. The van der Waals surface area contributed by atoms with Crippen molar-refractivity contribution in [3.8, 4) is 0 Å². The average molecular weight is 335 g/mol. The molecule has 0 spiro atoms. The topological polar surface area (TPSA) is 49.4 Å². The average Bonchev–Trinajstić information content (AvgIpc) is 3.11. The Hall–Kier alpha value is -0.0800. The number of hydrogen-bond donors (Lipinski definition) is 1. The standard InChI is InChI=1S/C13H22N2O2S3/c1-10(9-18-3)15(2)20(16,17)13-6-7-19-12(13)8-14-11-4-5-11/h6-7,10-11,14H,4-5,8-9H2,1-3H3. The maximum atomic E-state index is 12.7. The van der Waals surface area contributed by atoms with E-state index in [2.05, 4.69) is 5.32 Å². The van der Waals surface area contributed by atoms with E-state index >= 15 is 0 Å². The summed E-state index contributed by atoms with van der Waals surface area (Å²) >= 11 is 3.18. The van der Waals surface area contributed by atoms with Crippen LogP contribution in [0.4, 0.5) is 0 Å². The molecule has 0 saturated heterocycles. The first-order chi connectivity index (χ1) is 9.46. The van der Waals surface area contributed by atoms with E-state index in [1.54, 1.807) is 24.9 Å². The SMILES string of the molecule is CSCC(C)N(C)S(=O)(=O)c1ccsc1CNC1CC1. The Labute approximate surface area is 130 Å². The van der Waals surface area contributed by atoms with Crippen molar-refractivity contribution in [2.75, 3.05) is 19.1 Å². The first kappa shape index (κ1) is 16.3. The molecule has 1 unspecified atom stereocenters. The van der Waals surface area contributed by atoms with E-state index in [1.807, 2.05) is 18.6 Å². The van der Waals surface area contributed by atoms with Crippen LogP contribution in [-0.4, -0.2) is 43.9 Å². The molecule has 1 fully saturated rings. The molecule has 1 N–H and O–H groups in total. The zero-order valence-corrected chi connectivity index (χ0v) is 14.6. The van der Waals surface area contributed by atoms with E-state index in [9.17, 15) is 8.42 Å². The van der Waals surface area contributed by atoms with Crippen LogP contribution in [0.15, 0.2) is 16.3 Å². The lowest BCUT2D eigenvalue weighted by atomic mass is 10.4. The Morgan fingerprint density at radius 3 is 2.85 bits per heavy atom. The van der Waals surface area contributed by atoms with Gasteiger partial charge in [-0.25, -0.2) is 8.42 Å². The van der Waals surface area contributed by atoms with E-state index in [0.717, 1.165) is 10.6 Å². The lowest BCUT2D eigenvalue weighted by Crippen LogP contribution is -2.37. The first-order valence-corrected chi connectivity index (χ1v) is 10.4. The van der Waals surface area contributed by atoms with E-state index in [1.165, 1.54) is 28.5 Å². The molecule has 0 radical (unpaired) electrons. The minimum atomic E-state index is -3.38.